The summed E-state index contributed by atoms with van der Waals surface area (Å²) in [5.41, 5.74) is 4.65. The Hall–Kier alpha value is -2.79. The molecule has 0 fully saturated rings. The molecule has 3 rings (SSSR count). The Labute approximate surface area is 125 Å². The number of rotatable bonds is 3. The van der Waals surface area contributed by atoms with Crippen molar-refractivity contribution < 1.29 is 4.68 Å². The van der Waals surface area contributed by atoms with Gasteiger partial charge in [-0.1, -0.05) is 54.5 Å². The lowest BCUT2D eigenvalue weighted by Gasteiger charge is -2.02. The highest BCUT2D eigenvalue weighted by Gasteiger charge is 2.21. The number of aromatic nitrogens is 2. The van der Waals surface area contributed by atoms with Crippen LogP contribution < -0.4 is 4.68 Å². The fourth-order valence-electron chi connectivity index (χ4n) is 2.59. The summed E-state index contributed by atoms with van der Waals surface area (Å²) >= 11 is 0. The van der Waals surface area contributed by atoms with E-state index in [1.165, 1.54) is 11.1 Å². The summed E-state index contributed by atoms with van der Waals surface area (Å²) in [6, 6.07) is 22.9. The average Bonchev–Trinajstić information content (AvgIpc) is 2.87. The monoisotopic (exact) mass is 273 g/mol. The smallest absolute Gasteiger partial charge is 0.141 e. The zero-order valence-electron chi connectivity index (χ0n) is 12.0. The van der Waals surface area contributed by atoms with Gasteiger partial charge in [-0.15, -0.1) is 15.8 Å². The average molecular weight is 273 g/mol. The van der Waals surface area contributed by atoms with Gasteiger partial charge >= 0.3 is 0 Å². The molecular weight excluding hydrogens is 256 g/mol. The molecule has 1 heterocycles. The summed E-state index contributed by atoms with van der Waals surface area (Å²) in [5.74, 6) is 2.74. The van der Waals surface area contributed by atoms with Crippen LogP contribution in [0.25, 0.3) is 22.5 Å². The molecule has 1 aromatic heterocycles. The van der Waals surface area contributed by atoms with Crippen LogP contribution in [-0.2, 0) is 13.6 Å². The Morgan fingerprint density at radius 1 is 0.952 bits per heavy atom. The largest absolute Gasteiger partial charge is 0.238 e. The predicted octanol–water partition coefficient (Wildman–Crippen LogP) is 3.28. The number of nitrogens with zero attached hydrogens (tertiary/aromatic N) is 2. The summed E-state index contributed by atoms with van der Waals surface area (Å²) in [6.45, 7) is 0.549. The first-order valence-electron chi connectivity index (χ1n) is 6.95. The first kappa shape index (κ1) is 13.2. The minimum atomic E-state index is 0.549. The van der Waals surface area contributed by atoms with E-state index in [0.717, 1.165) is 11.4 Å². The van der Waals surface area contributed by atoms with Gasteiger partial charge in [0.25, 0.3) is 0 Å². The van der Waals surface area contributed by atoms with E-state index in [4.69, 9.17) is 6.42 Å². The molecule has 0 radical (unpaired) electrons. The third kappa shape index (κ3) is 2.46. The lowest BCUT2D eigenvalue weighted by Crippen LogP contribution is -2.40. The van der Waals surface area contributed by atoms with E-state index in [1.807, 2.05) is 31.3 Å². The highest BCUT2D eigenvalue weighted by atomic mass is 15.4. The van der Waals surface area contributed by atoms with Crippen molar-refractivity contribution in [3.05, 3.63) is 66.7 Å². The molecule has 2 nitrogen and oxygen atoms in total. The van der Waals surface area contributed by atoms with Gasteiger partial charge in [-0.2, -0.15) is 0 Å². The first-order chi connectivity index (χ1) is 10.3. The SMILES string of the molecule is C#CCn1c(-c2ccccc2)cc(-c2ccccc2)[n+]1C. The van der Waals surface area contributed by atoms with E-state index in [-0.39, 0.29) is 0 Å². The molecule has 0 unspecified atom stereocenters. The lowest BCUT2D eigenvalue weighted by molar-refractivity contribution is -0.741. The second-order valence-corrected chi connectivity index (χ2v) is 4.93. The summed E-state index contributed by atoms with van der Waals surface area (Å²) in [6.07, 6.45) is 5.54. The van der Waals surface area contributed by atoms with Crippen LogP contribution in [0.15, 0.2) is 66.7 Å². The Morgan fingerprint density at radius 3 is 2.10 bits per heavy atom. The van der Waals surface area contributed by atoms with E-state index in [1.54, 1.807) is 0 Å². The van der Waals surface area contributed by atoms with Gasteiger partial charge in [-0.3, -0.25) is 0 Å². The molecule has 0 aliphatic carbocycles. The second-order valence-electron chi connectivity index (χ2n) is 4.93. The topological polar surface area (TPSA) is 8.81 Å². The van der Waals surface area contributed by atoms with Crippen LogP contribution in [0.5, 0.6) is 0 Å². The number of hydrogen-bond acceptors (Lipinski definition) is 0. The normalized spacial score (nSPS) is 10.3. The maximum atomic E-state index is 5.54. The van der Waals surface area contributed by atoms with Crippen LogP contribution in [0, 0.1) is 12.3 Å². The third-order valence-corrected chi connectivity index (χ3v) is 3.64. The van der Waals surface area contributed by atoms with Gasteiger partial charge in [0.15, 0.2) is 7.05 Å². The molecule has 0 saturated heterocycles. The minimum Gasteiger partial charge on any atom is -0.141 e. The molecule has 0 atom stereocenters. The molecule has 0 amide bonds. The van der Waals surface area contributed by atoms with Crippen molar-refractivity contribution in [3.8, 4) is 34.9 Å². The molecule has 102 valence electrons. The van der Waals surface area contributed by atoms with Crippen LogP contribution in [-0.4, -0.2) is 4.68 Å². The second kappa shape index (κ2) is 5.68. The van der Waals surface area contributed by atoms with Crippen molar-refractivity contribution in [1.29, 1.82) is 0 Å². The van der Waals surface area contributed by atoms with Crippen molar-refractivity contribution in [2.24, 2.45) is 7.05 Å². The van der Waals surface area contributed by atoms with Crippen molar-refractivity contribution in [2.45, 2.75) is 6.54 Å². The van der Waals surface area contributed by atoms with Crippen LogP contribution in [0.3, 0.4) is 0 Å². The fraction of sp³-hybridized carbons (Fsp3) is 0.105. The third-order valence-electron chi connectivity index (χ3n) is 3.64. The maximum absolute atomic E-state index is 5.54. The maximum Gasteiger partial charge on any atom is 0.238 e. The quantitative estimate of drug-likeness (QED) is 0.511. The summed E-state index contributed by atoms with van der Waals surface area (Å²) < 4.78 is 4.25. The molecule has 0 N–H and O–H groups in total. The highest BCUT2D eigenvalue weighted by molar-refractivity contribution is 5.66. The van der Waals surface area contributed by atoms with Crippen LogP contribution in [0.2, 0.25) is 0 Å². The highest BCUT2D eigenvalue weighted by Crippen LogP contribution is 2.24. The van der Waals surface area contributed by atoms with Crippen molar-refractivity contribution in [2.75, 3.05) is 0 Å². The molecule has 0 aliphatic heterocycles. The molecule has 21 heavy (non-hydrogen) atoms. The number of benzene rings is 2. The lowest BCUT2D eigenvalue weighted by atomic mass is 10.1. The van der Waals surface area contributed by atoms with Gasteiger partial charge in [-0.25, -0.2) is 0 Å². The van der Waals surface area contributed by atoms with E-state index in [9.17, 15) is 0 Å². The molecule has 0 aliphatic rings. The Bertz CT molecular complexity index is 778. The van der Waals surface area contributed by atoms with Crippen molar-refractivity contribution >= 4 is 0 Å². The first-order valence-corrected chi connectivity index (χ1v) is 6.95. The van der Waals surface area contributed by atoms with E-state index >= 15 is 0 Å². The number of hydrogen-bond donors (Lipinski definition) is 0. The standard InChI is InChI=1S/C19H17N2/c1-3-14-21-19(17-12-8-5-9-13-17)15-18(20(21)2)16-10-6-4-7-11-16/h1,4-13,15H,14H2,2H3/q+1. The van der Waals surface area contributed by atoms with E-state index in [0.29, 0.717) is 6.54 Å². The van der Waals surface area contributed by atoms with Crippen LogP contribution in [0.1, 0.15) is 0 Å². The molecule has 2 aromatic carbocycles. The number of terminal acetylenes is 1. The summed E-state index contributed by atoms with van der Waals surface area (Å²) in [7, 11) is 2.05. The van der Waals surface area contributed by atoms with E-state index in [2.05, 4.69) is 57.7 Å². The summed E-state index contributed by atoms with van der Waals surface area (Å²) in [5, 5.41) is 0. The fourth-order valence-corrected chi connectivity index (χ4v) is 2.59. The molecule has 0 spiro atoms. The van der Waals surface area contributed by atoms with Gasteiger partial charge in [0.05, 0.1) is 0 Å². The molecule has 3 aromatic rings. The minimum absolute atomic E-state index is 0.549. The van der Waals surface area contributed by atoms with E-state index < -0.39 is 0 Å². The molecular formula is C19H17N2+. The van der Waals surface area contributed by atoms with Crippen LogP contribution >= 0.6 is 0 Å². The van der Waals surface area contributed by atoms with Gasteiger partial charge in [0.2, 0.25) is 5.69 Å². The van der Waals surface area contributed by atoms with Gasteiger partial charge in [0, 0.05) is 17.2 Å². The molecule has 0 saturated carbocycles. The van der Waals surface area contributed by atoms with Crippen molar-refractivity contribution in [3.63, 3.8) is 0 Å². The Balaban J connectivity index is 2.19. The van der Waals surface area contributed by atoms with Gasteiger partial charge < -0.3 is 0 Å². The zero-order chi connectivity index (χ0) is 14.7. The van der Waals surface area contributed by atoms with Crippen molar-refractivity contribution in [1.82, 2.24) is 4.68 Å². The molecule has 0 bridgehead atoms. The predicted molar refractivity (Wildman–Crippen MR) is 85.3 cm³/mol. The Kier molecular flexibility index (Phi) is 3.57. The van der Waals surface area contributed by atoms with Gasteiger partial charge in [-0.05, 0) is 12.1 Å². The molecule has 2 heteroatoms. The Morgan fingerprint density at radius 2 is 1.52 bits per heavy atom. The zero-order valence-corrected chi connectivity index (χ0v) is 12.0. The summed E-state index contributed by atoms with van der Waals surface area (Å²) in [4.78, 5) is 0. The van der Waals surface area contributed by atoms with Crippen LogP contribution in [0.4, 0.5) is 0 Å². The van der Waals surface area contributed by atoms with Gasteiger partial charge in [0.1, 0.15) is 12.2 Å².